The third-order valence-corrected chi connectivity index (χ3v) is 4.08. The molecule has 0 amide bonds. The van der Waals surface area contributed by atoms with Crippen LogP contribution in [0.2, 0.25) is 0 Å². The number of carbonyl (C=O) groups is 1. The number of ether oxygens (including phenoxy) is 1. The molecule has 0 aromatic rings. The first-order valence-electron chi connectivity index (χ1n) is 9.74. The molecule has 0 saturated carbocycles. The second kappa shape index (κ2) is 15.6. The summed E-state index contributed by atoms with van der Waals surface area (Å²) in [4.78, 5) is 11.1. The number of halogens is 2. The van der Waals surface area contributed by atoms with E-state index in [0.717, 1.165) is 19.3 Å². The van der Waals surface area contributed by atoms with Gasteiger partial charge >= 0.3 is 11.9 Å². The van der Waals surface area contributed by atoms with E-state index in [1.165, 1.54) is 58.3 Å². The highest BCUT2D eigenvalue weighted by atomic mass is 19.3. The molecule has 0 aromatic carbocycles. The Morgan fingerprint density at radius 3 is 1.88 bits per heavy atom. The molecule has 0 rings (SSSR count). The quantitative estimate of drug-likeness (QED) is 0.174. The van der Waals surface area contributed by atoms with Gasteiger partial charge < -0.3 is 4.74 Å². The van der Waals surface area contributed by atoms with Crippen LogP contribution in [0.1, 0.15) is 97.3 Å². The molecule has 2 nitrogen and oxygen atoms in total. The summed E-state index contributed by atoms with van der Waals surface area (Å²) in [5, 5.41) is 0. The molecule has 0 aromatic heterocycles. The van der Waals surface area contributed by atoms with Crippen LogP contribution in [0.3, 0.4) is 0 Å². The van der Waals surface area contributed by atoms with Gasteiger partial charge in [-0.15, -0.1) is 0 Å². The zero-order chi connectivity index (χ0) is 18.1. The zero-order valence-electron chi connectivity index (χ0n) is 15.6. The maximum Gasteiger partial charge on any atom is 0.376 e. The number of hydrogen-bond acceptors (Lipinski definition) is 2. The minimum absolute atomic E-state index is 0.00293. The van der Waals surface area contributed by atoms with Crippen LogP contribution >= 0.6 is 0 Å². The van der Waals surface area contributed by atoms with Gasteiger partial charge in [-0.1, -0.05) is 70.4 Å². The lowest BCUT2D eigenvalue weighted by atomic mass is 10.0. The average Bonchev–Trinajstić information content (AvgIpc) is 2.55. The third kappa shape index (κ3) is 13.5. The topological polar surface area (TPSA) is 26.3 Å². The van der Waals surface area contributed by atoms with Crippen LogP contribution in [-0.2, 0) is 9.53 Å². The monoisotopic (exact) mass is 346 g/mol. The number of hydrogen-bond donors (Lipinski definition) is 0. The van der Waals surface area contributed by atoms with E-state index in [4.69, 9.17) is 0 Å². The van der Waals surface area contributed by atoms with Crippen LogP contribution in [0, 0.1) is 0 Å². The Kier molecular flexibility index (Phi) is 15.0. The first kappa shape index (κ1) is 23.1. The van der Waals surface area contributed by atoms with E-state index < -0.39 is 18.3 Å². The van der Waals surface area contributed by atoms with Crippen LogP contribution < -0.4 is 0 Å². The van der Waals surface area contributed by atoms with Gasteiger partial charge in [-0.25, -0.2) is 4.79 Å². The van der Waals surface area contributed by atoms with E-state index in [1.54, 1.807) is 0 Å². The number of allylic oxidation sites excluding steroid dienone is 2. The summed E-state index contributed by atoms with van der Waals surface area (Å²) >= 11 is 0. The molecule has 0 aliphatic rings. The molecule has 0 spiro atoms. The van der Waals surface area contributed by atoms with Gasteiger partial charge in [0.05, 0.1) is 6.61 Å². The summed E-state index contributed by atoms with van der Waals surface area (Å²) in [6, 6.07) is 0. The third-order valence-electron chi connectivity index (χ3n) is 4.08. The number of carbonyl (C=O) groups excluding carboxylic acids is 1. The van der Waals surface area contributed by atoms with Crippen molar-refractivity contribution in [3.63, 3.8) is 0 Å². The molecule has 0 bridgehead atoms. The fraction of sp³-hybridized carbons (Fsp3) is 0.850. The lowest BCUT2D eigenvalue weighted by molar-refractivity contribution is -0.172. The molecule has 0 N–H and O–H groups in total. The Morgan fingerprint density at radius 2 is 1.33 bits per heavy atom. The molecule has 142 valence electrons. The fourth-order valence-electron chi connectivity index (χ4n) is 2.57. The molecule has 0 unspecified atom stereocenters. The number of unbranched alkanes of at least 4 members (excludes halogenated alkanes) is 10. The first-order chi connectivity index (χ1) is 11.5. The fourth-order valence-corrected chi connectivity index (χ4v) is 2.57. The second-order valence-electron chi connectivity index (χ2n) is 6.41. The standard InChI is InChI=1S/C20H36F2O2/c1-3-5-6-7-8-9-10-11-12-13-14-15-16-17-18-20(21,22)19(23)24-4-2/h7-8H,3-6,9-18H2,1-2H3. The molecule has 0 heterocycles. The van der Waals surface area contributed by atoms with Gasteiger partial charge in [0.25, 0.3) is 0 Å². The molecule has 0 atom stereocenters. The van der Waals surface area contributed by atoms with Crippen LogP contribution in [0.25, 0.3) is 0 Å². The second-order valence-corrected chi connectivity index (χ2v) is 6.41. The van der Waals surface area contributed by atoms with Crippen LogP contribution in [0.15, 0.2) is 12.2 Å². The zero-order valence-corrected chi connectivity index (χ0v) is 15.6. The Morgan fingerprint density at radius 1 is 0.833 bits per heavy atom. The minimum atomic E-state index is -3.32. The molecule has 24 heavy (non-hydrogen) atoms. The molecular formula is C20H36F2O2. The Hall–Kier alpha value is -0.930. The molecule has 0 aliphatic carbocycles. The number of alkyl halides is 2. The summed E-state index contributed by atoms with van der Waals surface area (Å²) in [5.41, 5.74) is 0. The summed E-state index contributed by atoms with van der Waals surface area (Å²) in [6.07, 6.45) is 17.2. The van der Waals surface area contributed by atoms with E-state index in [-0.39, 0.29) is 6.61 Å². The largest absolute Gasteiger partial charge is 0.462 e. The van der Waals surface area contributed by atoms with Gasteiger partial charge in [-0.2, -0.15) is 8.78 Å². The summed E-state index contributed by atoms with van der Waals surface area (Å²) < 4.78 is 31.1. The molecule has 0 aliphatic heterocycles. The SMILES string of the molecule is CCCCC=CCCCCCCCCCCC(F)(F)C(=O)OCC. The summed E-state index contributed by atoms with van der Waals surface area (Å²) in [5.74, 6) is -4.70. The van der Waals surface area contributed by atoms with Gasteiger partial charge in [0.1, 0.15) is 0 Å². The van der Waals surface area contributed by atoms with Crippen molar-refractivity contribution in [1.82, 2.24) is 0 Å². The van der Waals surface area contributed by atoms with Crippen molar-refractivity contribution in [3.8, 4) is 0 Å². The molecular weight excluding hydrogens is 310 g/mol. The summed E-state index contributed by atoms with van der Waals surface area (Å²) in [6.45, 7) is 3.75. The molecule has 0 fully saturated rings. The predicted octanol–water partition coefficient (Wildman–Crippen LogP) is 6.83. The molecule has 0 saturated heterocycles. The highest BCUT2D eigenvalue weighted by Gasteiger charge is 2.39. The van der Waals surface area contributed by atoms with E-state index in [0.29, 0.717) is 6.42 Å². The van der Waals surface area contributed by atoms with Crippen molar-refractivity contribution in [2.45, 2.75) is 103 Å². The Balaban J connectivity index is 3.36. The summed E-state index contributed by atoms with van der Waals surface area (Å²) in [7, 11) is 0. The Labute approximate surface area is 147 Å². The van der Waals surface area contributed by atoms with Crippen LogP contribution in [-0.4, -0.2) is 18.5 Å². The van der Waals surface area contributed by atoms with Crippen LogP contribution in [0.4, 0.5) is 8.78 Å². The van der Waals surface area contributed by atoms with E-state index in [1.807, 2.05) is 0 Å². The van der Waals surface area contributed by atoms with Gasteiger partial charge in [0.15, 0.2) is 0 Å². The van der Waals surface area contributed by atoms with Gasteiger partial charge in [-0.3, -0.25) is 0 Å². The lowest BCUT2D eigenvalue weighted by Crippen LogP contribution is -2.30. The minimum Gasteiger partial charge on any atom is -0.462 e. The first-order valence-corrected chi connectivity index (χ1v) is 9.74. The van der Waals surface area contributed by atoms with Crippen molar-refractivity contribution in [2.24, 2.45) is 0 Å². The highest BCUT2D eigenvalue weighted by molar-refractivity contribution is 5.77. The number of esters is 1. The van der Waals surface area contributed by atoms with Gasteiger partial charge in [0, 0.05) is 6.42 Å². The van der Waals surface area contributed by atoms with Gasteiger partial charge in [-0.05, 0) is 32.6 Å². The van der Waals surface area contributed by atoms with Crippen molar-refractivity contribution in [3.05, 3.63) is 12.2 Å². The Bertz CT molecular complexity index is 328. The van der Waals surface area contributed by atoms with Crippen molar-refractivity contribution < 1.29 is 18.3 Å². The predicted molar refractivity (Wildman–Crippen MR) is 96.4 cm³/mol. The van der Waals surface area contributed by atoms with Crippen molar-refractivity contribution in [2.75, 3.05) is 6.61 Å². The number of rotatable bonds is 16. The smallest absolute Gasteiger partial charge is 0.376 e. The maximum atomic E-state index is 13.4. The molecule has 0 radical (unpaired) electrons. The van der Waals surface area contributed by atoms with Crippen molar-refractivity contribution in [1.29, 1.82) is 0 Å². The van der Waals surface area contributed by atoms with Crippen LogP contribution in [0.5, 0.6) is 0 Å². The average molecular weight is 347 g/mol. The lowest BCUT2D eigenvalue weighted by Gasteiger charge is -2.14. The van der Waals surface area contributed by atoms with E-state index in [2.05, 4.69) is 23.8 Å². The normalized spacial score (nSPS) is 12.0. The van der Waals surface area contributed by atoms with Gasteiger partial charge in [0.2, 0.25) is 0 Å². The maximum absolute atomic E-state index is 13.4. The van der Waals surface area contributed by atoms with E-state index in [9.17, 15) is 13.6 Å². The highest BCUT2D eigenvalue weighted by Crippen LogP contribution is 2.24. The van der Waals surface area contributed by atoms with E-state index >= 15 is 0 Å². The van der Waals surface area contributed by atoms with Crippen molar-refractivity contribution >= 4 is 5.97 Å². The molecule has 4 heteroatoms.